The lowest BCUT2D eigenvalue weighted by Crippen LogP contribution is -2.27. The Morgan fingerprint density at radius 3 is 2.35 bits per heavy atom. The minimum atomic E-state index is -0.164. The van der Waals surface area contributed by atoms with E-state index in [1.807, 2.05) is 48.5 Å². The molecule has 0 unspecified atom stereocenters. The van der Waals surface area contributed by atoms with Crippen LogP contribution in [0.2, 0.25) is 0 Å². The van der Waals surface area contributed by atoms with Crippen molar-refractivity contribution in [2.45, 2.75) is 12.8 Å². The number of Topliss-reactive ketones (excluding diaryl/α,β-unsaturated/α-hetero) is 1. The van der Waals surface area contributed by atoms with Crippen molar-refractivity contribution >= 4 is 22.4 Å². The molecule has 1 aliphatic rings. The van der Waals surface area contributed by atoms with Crippen LogP contribution in [0.3, 0.4) is 0 Å². The van der Waals surface area contributed by atoms with Gasteiger partial charge in [-0.15, -0.1) is 0 Å². The zero-order valence-corrected chi connectivity index (χ0v) is 14.4. The van der Waals surface area contributed by atoms with Gasteiger partial charge in [-0.1, -0.05) is 36.4 Å². The Balaban J connectivity index is 1.76. The number of pyridine rings is 1. The lowest BCUT2D eigenvalue weighted by molar-refractivity contribution is 0.0923. The third-order valence-corrected chi connectivity index (χ3v) is 4.72. The quantitative estimate of drug-likeness (QED) is 0.718. The van der Waals surface area contributed by atoms with E-state index in [1.165, 1.54) is 0 Å². The Labute approximate surface area is 151 Å². The van der Waals surface area contributed by atoms with Crippen LogP contribution in [0.25, 0.3) is 10.8 Å². The summed E-state index contributed by atoms with van der Waals surface area (Å²) in [5.74, 6) is 1.13. The van der Waals surface area contributed by atoms with E-state index in [2.05, 4.69) is 9.88 Å². The number of para-hydroxylation sites is 1. The second-order valence-electron chi connectivity index (χ2n) is 6.44. The van der Waals surface area contributed by atoms with Gasteiger partial charge in [0.15, 0.2) is 6.61 Å². The monoisotopic (exact) mass is 348 g/mol. The summed E-state index contributed by atoms with van der Waals surface area (Å²) in [4.78, 5) is 30.6. The van der Waals surface area contributed by atoms with Crippen LogP contribution in [0.15, 0.2) is 59.4 Å². The van der Waals surface area contributed by atoms with Crippen LogP contribution in [0.1, 0.15) is 23.2 Å². The fourth-order valence-electron chi connectivity index (χ4n) is 3.46. The average molecular weight is 348 g/mol. The van der Waals surface area contributed by atoms with Gasteiger partial charge in [0.05, 0.1) is 5.56 Å². The molecule has 5 nitrogen and oxygen atoms in total. The number of anilines is 1. The van der Waals surface area contributed by atoms with Gasteiger partial charge in [0.1, 0.15) is 11.6 Å². The first kappa shape index (κ1) is 16.4. The Bertz CT molecular complexity index is 989. The molecule has 1 aliphatic heterocycles. The molecule has 1 N–H and O–H groups in total. The molecule has 1 saturated heterocycles. The number of carbonyl (C=O) groups excluding carboxylic acids is 1. The molecular weight excluding hydrogens is 328 g/mol. The molecule has 0 saturated carbocycles. The zero-order chi connectivity index (χ0) is 17.9. The molecule has 5 heteroatoms. The summed E-state index contributed by atoms with van der Waals surface area (Å²) >= 11 is 0. The summed E-state index contributed by atoms with van der Waals surface area (Å²) in [6.45, 7) is 1.61. The second-order valence-corrected chi connectivity index (χ2v) is 6.44. The van der Waals surface area contributed by atoms with Crippen molar-refractivity contribution in [3.8, 4) is 5.75 Å². The van der Waals surface area contributed by atoms with Gasteiger partial charge in [-0.2, -0.15) is 0 Å². The maximum Gasteiger partial charge on any atom is 0.257 e. The van der Waals surface area contributed by atoms with Gasteiger partial charge in [0, 0.05) is 23.9 Å². The number of H-pyrrole nitrogens is 1. The van der Waals surface area contributed by atoms with Gasteiger partial charge in [-0.3, -0.25) is 9.59 Å². The summed E-state index contributed by atoms with van der Waals surface area (Å²) < 4.78 is 5.66. The molecule has 26 heavy (non-hydrogen) atoms. The third-order valence-electron chi connectivity index (χ3n) is 4.72. The minimum Gasteiger partial charge on any atom is -0.485 e. The topological polar surface area (TPSA) is 62.4 Å². The van der Waals surface area contributed by atoms with E-state index in [9.17, 15) is 9.59 Å². The van der Waals surface area contributed by atoms with Gasteiger partial charge in [-0.25, -0.2) is 0 Å². The number of carbonyl (C=O) groups is 1. The summed E-state index contributed by atoms with van der Waals surface area (Å²) in [5.41, 5.74) is 0.376. The van der Waals surface area contributed by atoms with Crippen molar-refractivity contribution in [2.24, 2.45) is 0 Å². The third kappa shape index (κ3) is 3.08. The highest BCUT2D eigenvalue weighted by molar-refractivity contribution is 6.12. The molecule has 1 aromatic heterocycles. The van der Waals surface area contributed by atoms with E-state index in [0.29, 0.717) is 27.9 Å². The lowest BCUT2D eigenvalue weighted by Gasteiger charge is -2.21. The number of aromatic amines is 1. The first-order valence-electron chi connectivity index (χ1n) is 8.85. The molecule has 132 valence electrons. The highest BCUT2D eigenvalue weighted by atomic mass is 16.5. The van der Waals surface area contributed by atoms with Crippen LogP contribution in [-0.2, 0) is 0 Å². The Hall–Kier alpha value is -3.08. The van der Waals surface area contributed by atoms with Crippen LogP contribution < -0.4 is 15.2 Å². The maximum atomic E-state index is 13.0. The van der Waals surface area contributed by atoms with Crippen LogP contribution in [-0.4, -0.2) is 30.5 Å². The second kappa shape index (κ2) is 7.04. The van der Waals surface area contributed by atoms with Crippen LogP contribution in [0, 0.1) is 0 Å². The van der Waals surface area contributed by atoms with Crippen LogP contribution in [0.4, 0.5) is 5.82 Å². The van der Waals surface area contributed by atoms with Gasteiger partial charge in [0.25, 0.3) is 5.56 Å². The van der Waals surface area contributed by atoms with Crippen LogP contribution in [0.5, 0.6) is 5.75 Å². The summed E-state index contributed by atoms with van der Waals surface area (Å²) in [5, 5.41) is 1.21. The number of fused-ring (bicyclic) bond motifs is 1. The summed E-state index contributed by atoms with van der Waals surface area (Å²) in [6, 6.07) is 16.5. The van der Waals surface area contributed by atoms with Crippen LogP contribution >= 0.6 is 0 Å². The fraction of sp³-hybridized carbons (Fsp3) is 0.238. The van der Waals surface area contributed by atoms with Crippen molar-refractivity contribution < 1.29 is 9.53 Å². The number of benzene rings is 2. The number of aromatic nitrogens is 1. The van der Waals surface area contributed by atoms with E-state index in [1.54, 1.807) is 6.07 Å². The van der Waals surface area contributed by atoms with E-state index in [4.69, 9.17) is 4.74 Å². The number of hydrogen-bond acceptors (Lipinski definition) is 4. The maximum absolute atomic E-state index is 13.0. The van der Waals surface area contributed by atoms with E-state index in [0.717, 1.165) is 25.9 Å². The van der Waals surface area contributed by atoms with E-state index < -0.39 is 0 Å². The number of hydrogen-bond donors (Lipinski definition) is 1. The normalized spacial score (nSPS) is 13.9. The predicted molar refractivity (Wildman–Crippen MR) is 102 cm³/mol. The molecule has 0 spiro atoms. The average Bonchev–Trinajstić information content (AvgIpc) is 3.21. The first-order valence-corrected chi connectivity index (χ1v) is 8.85. The number of ether oxygens (including phenoxy) is 1. The Morgan fingerprint density at radius 1 is 0.962 bits per heavy atom. The van der Waals surface area contributed by atoms with Crippen molar-refractivity contribution in [3.05, 3.63) is 70.5 Å². The smallest absolute Gasteiger partial charge is 0.257 e. The lowest BCUT2D eigenvalue weighted by atomic mass is 10.0. The molecule has 2 heterocycles. The predicted octanol–water partition coefficient (Wildman–Crippen LogP) is 3.39. The molecule has 0 amide bonds. The van der Waals surface area contributed by atoms with Crippen molar-refractivity contribution in [2.75, 3.05) is 24.6 Å². The molecule has 0 atom stereocenters. The number of ketones is 1. The largest absolute Gasteiger partial charge is 0.485 e. The van der Waals surface area contributed by atoms with Gasteiger partial charge in [-0.05, 0) is 31.0 Å². The highest BCUT2D eigenvalue weighted by Gasteiger charge is 2.24. The van der Waals surface area contributed by atoms with E-state index in [-0.39, 0.29) is 17.9 Å². The molecule has 3 aromatic rings. The molecule has 0 aliphatic carbocycles. The zero-order valence-electron chi connectivity index (χ0n) is 14.4. The number of rotatable bonds is 5. The minimum absolute atomic E-state index is 0.0686. The number of nitrogens with zero attached hydrogens (tertiary/aromatic N) is 1. The highest BCUT2D eigenvalue weighted by Crippen LogP contribution is 2.27. The molecule has 4 rings (SSSR count). The van der Waals surface area contributed by atoms with Gasteiger partial charge in [0.2, 0.25) is 5.78 Å². The van der Waals surface area contributed by atoms with Crippen molar-refractivity contribution in [3.63, 3.8) is 0 Å². The number of nitrogens with one attached hydrogen (secondary N) is 1. The molecule has 0 radical (unpaired) electrons. The molecule has 2 aromatic carbocycles. The summed E-state index contributed by atoms with van der Waals surface area (Å²) in [6.07, 6.45) is 2.12. The molecule has 0 bridgehead atoms. The molecular formula is C21H20N2O3. The van der Waals surface area contributed by atoms with Gasteiger partial charge >= 0.3 is 0 Å². The van der Waals surface area contributed by atoms with Gasteiger partial charge < -0.3 is 14.6 Å². The standard InChI is InChI=1S/C21H20N2O3/c24-18(14-26-15-8-2-1-3-9-15)19-16-10-4-5-11-17(16)21(25)22-20(19)23-12-6-7-13-23/h1-5,8-11H,6-7,12-14H2,(H,22,25). The van der Waals surface area contributed by atoms with Crippen molar-refractivity contribution in [1.29, 1.82) is 0 Å². The fourth-order valence-corrected chi connectivity index (χ4v) is 3.46. The Kier molecular flexibility index (Phi) is 4.44. The Morgan fingerprint density at radius 2 is 1.62 bits per heavy atom. The SMILES string of the molecule is O=C(COc1ccccc1)c1c(N2CCCC2)[nH]c(=O)c2ccccc12. The summed E-state index contributed by atoms with van der Waals surface area (Å²) in [7, 11) is 0. The van der Waals surface area contributed by atoms with E-state index >= 15 is 0 Å². The van der Waals surface area contributed by atoms with Crippen molar-refractivity contribution in [1.82, 2.24) is 4.98 Å². The first-order chi connectivity index (χ1) is 12.7. The molecule has 1 fully saturated rings.